The Kier molecular flexibility index (Phi) is 7.44. The van der Waals surface area contributed by atoms with Gasteiger partial charge < -0.3 is 19.3 Å². The molecule has 0 saturated carbocycles. The molecule has 0 fully saturated rings. The molecule has 0 aliphatic carbocycles. The molecule has 1 heterocycles. The van der Waals surface area contributed by atoms with Crippen LogP contribution in [0.2, 0.25) is 0 Å². The number of alkyl halides is 3. The lowest BCUT2D eigenvalue weighted by molar-refractivity contribution is -0.186. The van der Waals surface area contributed by atoms with E-state index in [2.05, 4.69) is 11.8 Å². The molecular weight excluding hydrogens is 429 g/mol. The Morgan fingerprint density at radius 1 is 1.19 bits per heavy atom. The third kappa shape index (κ3) is 6.39. The van der Waals surface area contributed by atoms with Gasteiger partial charge in [0.25, 0.3) is 0 Å². The minimum Gasteiger partial charge on any atom is -0.465 e. The molecular formula is C22H25F3N2O5. The van der Waals surface area contributed by atoms with Crippen LogP contribution in [-0.4, -0.2) is 66.8 Å². The van der Waals surface area contributed by atoms with E-state index in [1.165, 1.54) is 18.0 Å². The van der Waals surface area contributed by atoms with E-state index in [1.807, 2.05) is 0 Å². The standard InChI is InChI=1S/C22H25F3N2O5/c1-21(2,3)32-20(30)26(4)9-6-7-14-11-15-8-10-27(19(29)22(23,24)25)13-17(15)16(12-14)18(28)31-5/h11-12H,8-10,13H2,1-5H3. The lowest BCUT2D eigenvalue weighted by Gasteiger charge is -2.30. The van der Waals surface area contributed by atoms with Crippen LogP contribution in [0.5, 0.6) is 0 Å². The van der Waals surface area contributed by atoms with Gasteiger partial charge in [-0.2, -0.15) is 13.2 Å². The molecule has 32 heavy (non-hydrogen) atoms. The lowest BCUT2D eigenvalue weighted by Crippen LogP contribution is -2.44. The predicted octanol–water partition coefficient (Wildman–Crippen LogP) is 3.14. The first-order valence-corrected chi connectivity index (χ1v) is 9.76. The van der Waals surface area contributed by atoms with Crippen LogP contribution >= 0.6 is 0 Å². The minimum atomic E-state index is -4.99. The number of benzene rings is 1. The quantitative estimate of drug-likeness (QED) is 0.507. The maximum atomic E-state index is 12.8. The molecule has 0 saturated heterocycles. The Morgan fingerprint density at radius 3 is 2.41 bits per heavy atom. The summed E-state index contributed by atoms with van der Waals surface area (Å²) in [4.78, 5) is 37.8. The van der Waals surface area contributed by atoms with Crippen LogP contribution in [0.4, 0.5) is 18.0 Å². The number of ether oxygens (including phenoxy) is 2. The molecule has 7 nitrogen and oxygen atoms in total. The van der Waals surface area contributed by atoms with Gasteiger partial charge in [-0.05, 0) is 50.5 Å². The van der Waals surface area contributed by atoms with Gasteiger partial charge in [-0.15, -0.1) is 0 Å². The number of methoxy groups -OCH3 is 1. The zero-order valence-electron chi connectivity index (χ0n) is 18.6. The fraction of sp³-hybridized carbons (Fsp3) is 0.500. The second-order valence-electron chi connectivity index (χ2n) is 8.27. The van der Waals surface area contributed by atoms with Crippen LogP contribution in [-0.2, 0) is 27.2 Å². The van der Waals surface area contributed by atoms with Crippen molar-refractivity contribution in [3.63, 3.8) is 0 Å². The molecule has 0 bridgehead atoms. The molecule has 0 unspecified atom stereocenters. The average Bonchev–Trinajstić information content (AvgIpc) is 2.69. The monoisotopic (exact) mass is 454 g/mol. The number of carbonyl (C=O) groups excluding carboxylic acids is 3. The van der Waals surface area contributed by atoms with Crippen LogP contribution in [0, 0.1) is 11.8 Å². The molecule has 1 aromatic carbocycles. The van der Waals surface area contributed by atoms with Gasteiger partial charge in [0.05, 0.1) is 19.2 Å². The van der Waals surface area contributed by atoms with Crippen LogP contribution in [0.1, 0.15) is 47.8 Å². The van der Waals surface area contributed by atoms with Crippen molar-refractivity contribution in [2.24, 2.45) is 0 Å². The predicted molar refractivity (Wildman–Crippen MR) is 109 cm³/mol. The first-order valence-electron chi connectivity index (χ1n) is 9.76. The Morgan fingerprint density at radius 2 is 1.84 bits per heavy atom. The van der Waals surface area contributed by atoms with Crippen molar-refractivity contribution >= 4 is 18.0 Å². The van der Waals surface area contributed by atoms with Gasteiger partial charge in [-0.1, -0.05) is 11.8 Å². The highest BCUT2D eigenvalue weighted by molar-refractivity contribution is 5.92. The second-order valence-corrected chi connectivity index (χ2v) is 8.27. The number of esters is 1. The van der Waals surface area contributed by atoms with E-state index in [-0.39, 0.29) is 31.6 Å². The second kappa shape index (κ2) is 9.51. The number of fused-ring (bicyclic) bond motifs is 1. The van der Waals surface area contributed by atoms with Crippen LogP contribution in [0.3, 0.4) is 0 Å². The average molecular weight is 454 g/mol. The van der Waals surface area contributed by atoms with Crippen molar-refractivity contribution in [1.29, 1.82) is 0 Å². The molecule has 10 heteroatoms. The number of rotatable bonds is 2. The van der Waals surface area contributed by atoms with Gasteiger partial charge in [0.2, 0.25) is 0 Å². The minimum absolute atomic E-state index is 0.0504. The summed E-state index contributed by atoms with van der Waals surface area (Å²) in [6, 6.07) is 3.07. The van der Waals surface area contributed by atoms with Gasteiger partial charge in [-0.3, -0.25) is 4.79 Å². The van der Waals surface area contributed by atoms with Crippen LogP contribution < -0.4 is 0 Å². The fourth-order valence-corrected chi connectivity index (χ4v) is 3.05. The number of hydrogen-bond acceptors (Lipinski definition) is 5. The number of nitrogens with zero attached hydrogens (tertiary/aromatic N) is 2. The maximum absolute atomic E-state index is 12.8. The van der Waals surface area contributed by atoms with Gasteiger partial charge >= 0.3 is 24.1 Å². The van der Waals surface area contributed by atoms with Crippen molar-refractivity contribution in [1.82, 2.24) is 9.80 Å². The van der Waals surface area contributed by atoms with Gasteiger partial charge in [0.15, 0.2) is 0 Å². The van der Waals surface area contributed by atoms with Gasteiger partial charge in [0, 0.05) is 25.7 Å². The van der Waals surface area contributed by atoms with Crippen molar-refractivity contribution in [3.8, 4) is 11.8 Å². The number of halogens is 3. The van der Waals surface area contributed by atoms with Crippen molar-refractivity contribution < 1.29 is 37.0 Å². The maximum Gasteiger partial charge on any atom is 0.471 e. The van der Waals surface area contributed by atoms with E-state index in [4.69, 9.17) is 9.47 Å². The third-order valence-electron chi connectivity index (χ3n) is 4.53. The van der Waals surface area contributed by atoms with Crippen molar-refractivity contribution in [2.45, 2.75) is 45.5 Å². The highest BCUT2D eigenvalue weighted by Crippen LogP contribution is 2.28. The fourth-order valence-electron chi connectivity index (χ4n) is 3.05. The molecule has 0 spiro atoms. The van der Waals surface area contributed by atoms with Gasteiger partial charge in [-0.25, -0.2) is 9.59 Å². The number of carbonyl (C=O) groups is 3. The van der Waals surface area contributed by atoms with Crippen molar-refractivity contribution in [3.05, 3.63) is 34.4 Å². The summed E-state index contributed by atoms with van der Waals surface area (Å²) >= 11 is 0. The normalized spacial score (nSPS) is 13.4. The van der Waals surface area contributed by atoms with Crippen molar-refractivity contribution in [2.75, 3.05) is 27.2 Å². The molecule has 0 N–H and O–H groups in total. The topological polar surface area (TPSA) is 76.2 Å². The van der Waals surface area contributed by atoms with Gasteiger partial charge in [0.1, 0.15) is 5.60 Å². The summed E-state index contributed by atoms with van der Waals surface area (Å²) in [5, 5.41) is 0. The highest BCUT2D eigenvalue weighted by atomic mass is 19.4. The molecule has 174 valence electrons. The van der Waals surface area contributed by atoms with E-state index in [0.717, 1.165) is 7.11 Å². The van der Waals surface area contributed by atoms with E-state index in [1.54, 1.807) is 26.8 Å². The van der Waals surface area contributed by atoms with Crippen LogP contribution in [0.15, 0.2) is 12.1 Å². The summed E-state index contributed by atoms with van der Waals surface area (Å²) in [6.07, 6.45) is -5.40. The summed E-state index contributed by atoms with van der Waals surface area (Å²) in [7, 11) is 2.69. The zero-order valence-corrected chi connectivity index (χ0v) is 18.6. The number of amides is 2. The molecule has 0 aromatic heterocycles. The summed E-state index contributed by atoms with van der Waals surface area (Å²) in [6.45, 7) is 4.81. The first kappa shape index (κ1) is 25.0. The lowest BCUT2D eigenvalue weighted by atomic mass is 9.92. The molecule has 1 aromatic rings. The van der Waals surface area contributed by atoms with E-state index in [0.29, 0.717) is 21.6 Å². The van der Waals surface area contributed by atoms with E-state index < -0.39 is 29.7 Å². The SMILES string of the molecule is COC(=O)c1cc(C#CCN(C)C(=O)OC(C)(C)C)cc2c1CN(C(=O)C(F)(F)F)CC2. The Hall–Kier alpha value is -3.22. The smallest absolute Gasteiger partial charge is 0.465 e. The number of hydrogen-bond donors (Lipinski definition) is 0. The summed E-state index contributed by atoms with van der Waals surface area (Å²) in [5.41, 5.74) is 0.765. The zero-order chi connectivity index (χ0) is 24.3. The largest absolute Gasteiger partial charge is 0.471 e. The Balaban J connectivity index is 2.27. The molecule has 2 rings (SSSR count). The third-order valence-corrected chi connectivity index (χ3v) is 4.53. The molecule has 1 aliphatic heterocycles. The highest BCUT2D eigenvalue weighted by Gasteiger charge is 2.43. The first-order chi connectivity index (χ1) is 14.7. The summed E-state index contributed by atoms with van der Waals surface area (Å²) in [5.74, 6) is 2.98. The van der Waals surface area contributed by atoms with E-state index in [9.17, 15) is 27.6 Å². The molecule has 2 amide bonds. The Labute approximate surface area is 184 Å². The molecule has 1 aliphatic rings. The molecule has 0 radical (unpaired) electrons. The van der Waals surface area contributed by atoms with Crippen LogP contribution in [0.25, 0.3) is 0 Å². The van der Waals surface area contributed by atoms with E-state index >= 15 is 0 Å². The molecule has 0 atom stereocenters. The summed E-state index contributed by atoms with van der Waals surface area (Å²) < 4.78 is 48.4. The Bertz CT molecular complexity index is 971.